The lowest BCUT2D eigenvalue weighted by Crippen LogP contribution is -2.70. The molecule has 0 unspecified atom stereocenters. The molecule has 0 bridgehead atoms. The molecule has 0 heterocycles. The first-order chi connectivity index (χ1) is 9.96. The third-order valence-corrected chi connectivity index (χ3v) is 2.43. The number of alkyl halides is 15. The summed E-state index contributed by atoms with van der Waals surface area (Å²) in [5.41, 5.74) is 0. The zero-order valence-electron chi connectivity index (χ0n) is 10.3. The van der Waals surface area contributed by atoms with Crippen LogP contribution in [-0.2, 0) is 0 Å². The van der Waals surface area contributed by atoms with Crippen molar-refractivity contribution in [1.29, 1.82) is 0 Å². The Morgan fingerprint density at radius 3 is 1.00 bits per heavy atom. The highest BCUT2D eigenvalue weighted by atomic mass is 19.4. The van der Waals surface area contributed by atoms with Gasteiger partial charge < -0.3 is 5.11 Å². The minimum Gasteiger partial charge on any atom is -0.336 e. The van der Waals surface area contributed by atoms with E-state index in [1.807, 2.05) is 0 Å². The minimum absolute atomic E-state index is 3.96. The Labute approximate surface area is 121 Å². The standard InChI is InChI=1S/C8H3F15O/c9-2(10,1-3(11,12)24)4(13,14)5(15,16)6(17,18)7(19,20)8(21,22)23/h24H,1H2. The van der Waals surface area contributed by atoms with Crippen molar-refractivity contribution in [2.24, 2.45) is 0 Å². The number of hydrogen-bond donors (Lipinski definition) is 1. The van der Waals surface area contributed by atoms with Crippen LogP contribution in [0.25, 0.3) is 0 Å². The lowest BCUT2D eigenvalue weighted by Gasteiger charge is -2.39. The summed E-state index contributed by atoms with van der Waals surface area (Å²) in [6, 6.07) is 0. The van der Waals surface area contributed by atoms with Gasteiger partial charge in [-0.15, -0.1) is 0 Å². The number of halogens is 15. The van der Waals surface area contributed by atoms with Crippen molar-refractivity contribution >= 4 is 0 Å². The molecule has 0 aromatic heterocycles. The molecule has 0 aliphatic heterocycles. The molecular formula is C8H3F15O. The Morgan fingerprint density at radius 2 is 0.750 bits per heavy atom. The molecule has 0 saturated heterocycles. The van der Waals surface area contributed by atoms with Crippen molar-refractivity contribution in [1.82, 2.24) is 0 Å². The largest absolute Gasteiger partial charge is 0.460 e. The van der Waals surface area contributed by atoms with E-state index in [-0.39, 0.29) is 0 Å². The van der Waals surface area contributed by atoms with Gasteiger partial charge in [-0.25, -0.2) is 0 Å². The topological polar surface area (TPSA) is 20.2 Å². The van der Waals surface area contributed by atoms with Gasteiger partial charge in [-0.3, -0.25) is 0 Å². The number of aliphatic hydroxyl groups is 1. The lowest BCUT2D eigenvalue weighted by atomic mass is 9.92. The Hall–Kier alpha value is -1.09. The molecule has 0 aromatic carbocycles. The summed E-state index contributed by atoms with van der Waals surface area (Å²) in [7, 11) is 0. The van der Waals surface area contributed by atoms with Crippen LogP contribution in [0.1, 0.15) is 6.42 Å². The third-order valence-electron chi connectivity index (χ3n) is 2.43. The van der Waals surface area contributed by atoms with Crippen LogP contribution in [0, 0.1) is 0 Å². The number of rotatable bonds is 6. The van der Waals surface area contributed by atoms with Crippen LogP contribution in [-0.4, -0.2) is 47.0 Å². The second kappa shape index (κ2) is 5.45. The van der Waals surface area contributed by atoms with Crippen molar-refractivity contribution in [3.8, 4) is 0 Å². The first-order valence-electron chi connectivity index (χ1n) is 5.02. The highest BCUT2D eigenvalue weighted by molar-refractivity contribution is 5.10. The van der Waals surface area contributed by atoms with E-state index in [1.54, 1.807) is 0 Å². The van der Waals surface area contributed by atoms with Crippen LogP contribution in [0.5, 0.6) is 0 Å². The van der Waals surface area contributed by atoms with Crippen LogP contribution < -0.4 is 0 Å². The first kappa shape index (κ1) is 22.9. The Morgan fingerprint density at radius 1 is 0.458 bits per heavy atom. The van der Waals surface area contributed by atoms with E-state index < -0.39 is 48.3 Å². The van der Waals surface area contributed by atoms with Gasteiger partial charge in [0.1, 0.15) is 6.42 Å². The van der Waals surface area contributed by atoms with Gasteiger partial charge in [0.2, 0.25) is 0 Å². The molecular weight excluding hydrogens is 397 g/mol. The molecule has 0 radical (unpaired) electrons. The highest BCUT2D eigenvalue weighted by Gasteiger charge is 2.91. The predicted molar refractivity (Wildman–Crippen MR) is 42.6 cm³/mol. The van der Waals surface area contributed by atoms with Gasteiger partial charge in [0, 0.05) is 0 Å². The summed E-state index contributed by atoms with van der Waals surface area (Å²) in [4.78, 5) is 0. The summed E-state index contributed by atoms with van der Waals surface area (Å²) in [5, 5.41) is 7.57. The van der Waals surface area contributed by atoms with E-state index in [1.165, 1.54) is 0 Å². The quantitative estimate of drug-likeness (QED) is 0.641. The third kappa shape index (κ3) is 3.33. The highest BCUT2D eigenvalue weighted by Crippen LogP contribution is 2.61. The summed E-state index contributed by atoms with van der Waals surface area (Å²) in [6.45, 7) is 0. The molecule has 0 atom stereocenters. The average Bonchev–Trinajstić information content (AvgIpc) is 2.22. The van der Waals surface area contributed by atoms with Gasteiger partial charge in [0.05, 0.1) is 0 Å². The molecule has 0 aromatic rings. The summed E-state index contributed by atoms with van der Waals surface area (Å²) < 4.78 is 185. The van der Waals surface area contributed by atoms with Gasteiger partial charge in [0.25, 0.3) is 0 Å². The van der Waals surface area contributed by atoms with Gasteiger partial charge in [-0.2, -0.15) is 65.9 Å². The Balaban J connectivity index is 6.21. The first-order valence-corrected chi connectivity index (χ1v) is 5.02. The maximum absolute atomic E-state index is 12.8. The van der Waals surface area contributed by atoms with Crippen molar-refractivity contribution in [3.63, 3.8) is 0 Å². The lowest BCUT2D eigenvalue weighted by molar-refractivity contribution is -0.444. The van der Waals surface area contributed by atoms with Crippen LogP contribution in [0.4, 0.5) is 65.9 Å². The van der Waals surface area contributed by atoms with Crippen LogP contribution >= 0.6 is 0 Å². The molecule has 1 nitrogen and oxygen atoms in total. The average molecular weight is 400 g/mol. The molecule has 1 N–H and O–H groups in total. The van der Waals surface area contributed by atoms with E-state index >= 15 is 0 Å². The SMILES string of the molecule is OC(F)(F)CC(F)(F)C(F)(F)C(F)(F)C(F)(F)C(F)(F)C(F)(F)F. The van der Waals surface area contributed by atoms with Crippen LogP contribution in [0.2, 0.25) is 0 Å². The second-order valence-corrected chi connectivity index (χ2v) is 4.34. The molecule has 0 rings (SSSR count). The van der Waals surface area contributed by atoms with Crippen molar-refractivity contribution < 1.29 is 71.0 Å². The van der Waals surface area contributed by atoms with Crippen molar-refractivity contribution in [2.75, 3.05) is 0 Å². The maximum atomic E-state index is 12.8. The summed E-state index contributed by atoms with van der Waals surface area (Å²) in [6.07, 6.45) is -17.4. The minimum atomic E-state index is -8.16. The second-order valence-electron chi connectivity index (χ2n) is 4.34. The maximum Gasteiger partial charge on any atom is 0.460 e. The van der Waals surface area contributed by atoms with Crippen LogP contribution in [0.3, 0.4) is 0 Å². The monoisotopic (exact) mass is 400 g/mol. The normalized spacial score (nSPS) is 16.5. The van der Waals surface area contributed by atoms with Gasteiger partial charge in [-0.05, 0) is 0 Å². The van der Waals surface area contributed by atoms with Gasteiger partial charge in [-0.1, -0.05) is 0 Å². The molecule has 0 saturated carbocycles. The number of hydrogen-bond acceptors (Lipinski definition) is 1. The predicted octanol–water partition coefficient (Wildman–Crippen LogP) is 4.70. The Bertz CT molecular complexity index is 455. The fourth-order valence-corrected chi connectivity index (χ4v) is 1.18. The fourth-order valence-electron chi connectivity index (χ4n) is 1.18. The smallest absolute Gasteiger partial charge is 0.336 e. The van der Waals surface area contributed by atoms with Crippen molar-refractivity contribution in [3.05, 3.63) is 0 Å². The molecule has 16 heteroatoms. The van der Waals surface area contributed by atoms with Crippen LogP contribution in [0.15, 0.2) is 0 Å². The molecule has 0 amide bonds. The Kier molecular flexibility index (Phi) is 5.21. The van der Waals surface area contributed by atoms with E-state index in [2.05, 4.69) is 0 Å². The van der Waals surface area contributed by atoms with E-state index in [4.69, 9.17) is 5.11 Å². The van der Waals surface area contributed by atoms with E-state index in [0.717, 1.165) is 0 Å². The molecule has 0 aliphatic rings. The molecule has 146 valence electrons. The summed E-state index contributed by atoms with van der Waals surface area (Å²) >= 11 is 0. The summed E-state index contributed by atoms with van der Waals surface area (Å²) in [5.74, 6) is -39.1. The fraction of sp³-hybridized carbons (Fsp3) is 1.00. The molecule has 0 fully saturated rings. The van der Waals surface area contributed by atoms with Crippen molar-refractivity contribution in [2.45, 2.75) is 48.3 Å². The zero-order chi connectivity index (χ0) is 20.2. The molecule has 0 spiro atoms. The van der Waals surface area contributed by atoms with Gasteiger partial charge >= 0.3 is 41.9 Å². The zero-order valence-corrected chi connectivity index (χ0v) is 10.3. The molecule has 0 aliphatic carbocycles. The van der Waals surface area contributed by atoms with E-state index in [0.29, 0.717) is 0 Å². The van der Waals surface area contributed by atoms with E-state index in [9.17, 15) is 65.9 Å². The van der Waals surface area contributed by atoms with Gasteiger partial charge in [0.15, 0.2) is 0 Å². The molecule has 24 heavy (non-hydrogen) atoms.